The highest BCUT2D eigenvalue weighted by Gasteiger charge is 2.41. The maximum absolute atomic E-state index is 2.72. The fourth-order valence-electron chi connectivity index (χ4n) is 3.02. The van der Waals surface area contributed by atoms with E-state index in [2.05, 4.69) is 92.3 Å². The highest BCUT2D eigenvalue weighted by atomic mass is 31.1. The zero-order valence-electron chi connectivity index (χ0n) is 15.0. The van der Waals surface area contributed by atoms with Crippen LogP contribution in [0.5, 0.6) is 0 Å². The standard InChI is InChI=1S/C12H27P.C4H11P/c1-10(2,3)13(11(4,5)6)12(7,8)9;1-4(2,3)5/h1-9H3;5H2,1-3H3. The van der Waals surface area contributed by atoms with Crippen LogP contribution >= 0.6 is 17.2 Å². The summed E-state index contributed by atoms with van der Waals surface area (Å²) in [5.41, 5.74) is 0. The van der Waals surface area contributed by atoms with Crippen LogP contribution in [0, 0.1) is 0 Å². The first kappa shape index (κ1) is 21.2. The Balaban J connectivity index is 0. The van der Waals surface area contributed by atoms with Gasteiger partial charge in [-0.1, -0.05) is 91.0 Å². The molecule has 0 fully saturated rings. The first-order valence-corrected chi connectivity index (χ1v) is 8.88. The molecule has 0 aliphatic rings. The maximum atomic E-state index is 2.72. The minimum Gasteiger partial charge on any atom is -0.132 e. The first-order valence-electron chi connectivity index (χ1n) is 6.96. The minimum atomic E-state index is 0.0162. The van der Waals surface area contributed by atoms with Gasteiger partial charge in [-0.25, -0.2) is 0 Å². The number of hydrogen-bond acceptors (Lipinski definition) is 0. The predicted molar refractivity (Wildman–Crippen MR) is 95.6 cm³/mol. The van der Waals surface area contributed by atoms with Gasteiger partial charge in [0.2, 0.25) is 0 Å². The molecule has 0 radical (unpaired) electrons. The average Bonchev–Trinajstić information content (AvgIpc) is 1.65. The second-order valence-corrected chi connectivity index (χ2v) is 15.6. The molecule has 0 aliphatic heterocycles. The van der Waals surface area contributed by atoms with Crippen molar-refractivity contribution >= 4 is 17.2 Å². The summed E-state index contributed by atoms with van der Waals surface area (Å²) in [5.74, 6) is 0. The van der Waals surface area contributed by atoms with E-state index in [1.54, 1.807) is 0 Å². The second kappa shape index (κ2) is 6.54. The summed E-state index contributed by atoms with van der Waals surface area (Å²) in [6.45, 7) is 27.9. The summed E-state index contributed by atoms with van der Waals surface area (Å²) in [7, 11) is 2.73. The fraction of sp³-hybridized carbons (Fsp3) is 1.00. The quantitative estimate of drug-likeness (QED) is 0.446. The molecule has 1 unspecified atom stereocenters. The van der Waals surface area contributed by atoms with Crippen molar-refractivity contribution < 1.29 is 0 Å². The largest absolute Gasteiger partial charge is 0.132 e. The van der Waals surface area contributed by atoms with E-state index in [0.29, 0.717) is 20.6 Å². The molecule has 0 aromatic rings. The molecule has 0 spiro atoms. The van der Waals surface area contributed by atoms with Gasteiger partial charge in [0.05, 0.1) is 0 Å². The fourth-order valence-corrected chi connectivity index (χ4v) is 9.06. The summed E-state index contributed by atoms with van der Waals surface area (Å²) in [4.78, 5) is 0. The van der Waals surface area contributed by atoms with Crippen LogP contribution in [0.4, 0.5) is 0 Å². The maximum Gasteiger partial charge on any atom is -0.0170 e. The van der Waals surface area contributed by atoms with E-state index in [1.807, 2.05) is 0 Å². The smallest absolute Gasteiger partial charge is 0.0170 e. The van der Waals surface area contributed by atoms with Crippen LogP contribution in [0.25, 0.3) is 0 Å². The Bertz CT molecular complexity index is 188. The molecule has 0 saturated carbocycles. The third kappa shape index (κ3) is 11.9. The third-order valence-electron chi connectivity index (χ3n) is 2.01. The van der Waals surface area contributed by atoms with Crippen LogP contribution < -0.4 is 0 Å². The van der Waals surface area contributed by atoms with Crippen LogP contribution in [0.1, 0.15) is 83.1 Å². The molecule has 0 saturated heterocycles. The monoisotopic (exact) mass is 292 g/mol. The van der Waals surface area contributed by atoms with Gasteiger partial charge in [0.1, 0.15) is 0 Å². The summed E-state index contributed by atoms with van der Waals surface area (Å²) < 4.78 is 0. The molecule has 0 heterocycles. The van der Waals surface area contributed by atoms with Gasteiger partial charge in [-0.3, -0.25) is 0 Å². The predicted octanol–water partition coefficient (Wildman–Crippen LogP) is 6.52. The first-order chi connectivity index (χ1) is 7.37. The molecule has 2 heteroatoms. The van der Waals surface area contributed by atoms with E-state index >= 15 is 0 Å². The van der Waals surface area contributed by atoms with Crippen molar-refractivity contribution in [2.24, 2.45) is 0 Å². The van der Waals surface area contributed by atoms with Crippen molar-refractivity contribution in [1.29, 1.82) is 0 Å². The molecule has 0 amide bonds. The van der Waals surface area contributed by atoms with Crippen molar-refractivity contribution in [3.05, 3.63) is 0 Å². The van der Waals surface area contributed by atoms with Gasteiger partial charge in [-0.05, 0) is 20.6 Å². The molecule has 0 aromatic heterocycles. The lowest BCUT2D eigenvalue weighted by atomic mass is 10.2. The third-order valence-corrected chi connectivity index (χ3v) is 6.04. The van der Waals surface area contributed by atoms with Gasteiger partial charge in [0.15, 0.2) is 0 Å². The molecule has 0 rings (SSSR count). The molecule has 112 valence electrons. The van der Waals surface area contributed by atoms with Gasteiger partial charge in [-0.15, -0.1) is 9.24 Å². The zero-order valence-corrected chi connectivity index (χ0v) is 17.1. The van der Waals surface area contributed by atoms with Gasteiger partial charge in [0.25, 0.3) is 0 Å². The van der Waals surface area contributed by atoms with Crippen molar-refractivity contribution in [3.63, 3.8) is 0 Å². The van der Waals surface area contributed by atoms with Crippen LogP contribution in [-0.4, -0.2) is 20.6 Å². The Morgan fingerprint density at radius 1 is 0.500 bits per heavy atom. The van der Waals surface area contributed by atoms with E-state index < -0.39 is 0 Å². The van der Waals surface area contributed by atoms with E-state index in [9.17, 15) is 0 Å². The average molecular weight is 292 g/mol. The highest BCUT2D eigenvalue weighted by Crippen LogP contribution is 2.66. The molecule has 0 aromatic carbocycles. The Labute approximate surface area is 121 Å². The summed E-state index contributed by atoms with van der Waals surface area (Å²) >= 11 is 0. The molecule has 0 bridgehead atoms. The minimum absolute atomic E-state index is 0.0162. The van der Waals surface area contributed by atoms with Gasteiger partial charge < -0.3 is 0 Å². The van der Waals surface area contributed by atoms with Gasteiger partial charge in [0, 0.05) is 0 Å². The summed E-state index contributed by atoms with van der Waals surface area (Å²) in [5, 5.41) is 1.77. The molecule has 18 heavy (non-hydrogen) atoms. The highest BCUT2D eigenvalue weighted by molar-refractivity contribution is 7.62. The zero-order chi connectivity index (χ0) is 15.6. The number of rotatable bonds is 0. The summed E-state index contributed by atoms with van der Waals surface area (Å²) in [6.07, 6.45) is 0. The van der Waals surface area contributed by atoms with E-state index in [-0.39, 0.29) is 7.92 Å². The van der Waals surface area contributed by atoms with Crippen molar-refractivity contribution in [1.82, 2.24) is 0 Å². The van der Waals surface area contributed by atoms with Crippen LogP contribution in [0.2, 0.25) is 0 Å². The SMILES string of the molecule is CC(C)(C)P.CC(C)(C)P(C(C)(C)C)C(C)(C)C. The van der Waals surface area contributed by atoms with Crippen LogP contribution in [0.15, 0.2) is 0 Å². The van der Waals surface area contributed by atoms with Gasteiger partial charge >= 0.3 is 0 Å². The molecule has 0 aliphatic carbocycles. The topological polar surface area (TPSA) is 0 Å². The Kier molecular flexibility index (Phi) is 7.69. The lowest BCUT2D eigenvalue weighted by Crippen LogP contribution is -2.34. The summed E-state index contributed by atoms with van der Waals surface area (Å²) in [6, 6.07) is 0. The van der Waals surface area contributed by atoms with Gasteiger partial charge in [-0.2, -0.15) is 0 Å². The number of hydrogen-bond donors (Lipinski definition) is 0. The van der Waals surface area contributed by atoms with E-state index in [1.165, 1.54) is 0 Å². The Morgan fingerprint density at radius 3 is 0.611 bits per heavy atom. The van der Waals surface area contributed by atoms with E-state index in [4.69, 9.17) is 0 Å². The van der Waals surface area contributed by atoms with Crippen molar-refractivity contribution in [3.8, 4) is 0 Å². The molecular weight excluding hydrogens is 254 g/mol. The lowest BCUT2D eigenvalue weighted by Gasteiger charge is -2.49. The Morgan fingerprint density at radius 2 is 0.611 bits per heavy atom. The molecule has 0 nitrogen and oxygen atoms in total. The molecule has 1 atom stereocenters. The van der Waals surface area contributed by atoms with Crippen LogP contribution in [0.3, 0.4) is 0 Å². The molecular formula is C16H38P2. The van der Waals surface area contributed by atoms with Crippen molar-refractivity contribution in [2.45, 2.75) is 104 Å². The normalized spacial score (nSPS) is 14.3. The lowest BCUT2D eigenvalue weighted by molar-refractivity contribution is 0.644. The van der Waals surface area contributed by atoms with Crippen molar-refractivity contribution in [2.75, 3.05) is 0 Å². The van der Waals surface area contributed by atoms with Crippen LogP contribution in [-0.2, 0) is 0 Å². The second-order valence-electron chi connectivity index (χ2n) is 9.21. The molecule has 0 N–H and O–H groups in total. The Hall–Kier alpha value is 0.860. The van der Waals surface area contributed by atoms with E-state index in [0.717, 1.165) is 0 Å².